The number of nitrogens with one attached hydrogen (secondary N) is 1. The van der Waals surface area contributed by atoms with Gasteiger partial charge in [-0.25, -0.2) is 0 Å². The minimum absolute atomic E-state index is 0.0695. The lowest BCUT2D eigenvalue weighted by Crippen LogP contribution is -2.29. The van der Waals surface area contributed by atoms with Crippen LogP contribution in [0.3, 0.4) is 0 Å². The molecule has 0 aliphatic rings. The lowest BCUT2D eigenvalue weighted by atomic mass is 9.91. The Balaban J connectivity index is 1.83. The van der Waals surface area contributed by atoms with Crippen LogP contribution >= 0.6 is 0 Å². The molecule has 0 bridgehead atoms. The van der Waals surface area contributed by atoms with Crippen LogP contribution in [0.1, 0.15) is 38.8 Å². The number of amides is 1. The van der Waals surface area contributed by atoms with E-state index in [4.69, 9.17) is 0 Å². The van der Waals surface area contributed by atoms with Crippen LogP contribution in [0.2, 0.25) is 0 Å². The van der Waals surface area contributed by atoms with Crippen LogP contribution in [-0.2, 0) is 7.05 Å². The minimum atomic E-state index is -0.0695. The highest BCUT2D eigenvalue weighted by molar-refractivity contribution is 5.96. The van der Waals surface area contributed by atoms with Gasteiger partial charge in [-0.2, -0.15) is 5.10 Å². The van der Waals surface area contributed by atoms with E-state index in [1.807, 2.05) is 57.3 Å². The molecule has 4 nitrogen and oxygen atoms in total. The van der Waals surface area contributed by atoms with Gasteiger partial charge in [-0.05, 0) is 25.0 Å². The third-order valence-corrected chi connectivity index (χ3v) is 4.61. The summed E-state index contributed by atoms with van der Waals surface area (Å²) in [7, 11) is 1.86. The van der Waals surface area contributed by atoms with Gasteiger partial charge in [0.05, 0.1) is 11.3 Å². The zero-order valence-electron chi connectivity index (χ0n) is 14.9. The largest absolute Gasteiger partial charge is 0.351 e. The molecule has 0 atom stereocenters. The maximum Gasteiger partial charge on any atom is 0.255 e. The first kappa shape index (κ1) is 17.0. The minimum Gasteiger partial charge on any atom is -0.351 e. The van der Waals surface area contributed by atoms with Crippen LogP contribution in [0.4, 0.5) is 0 Å². The lowest BCUT2D eigenvalue weighted by Gasteiger charge is -2.19. The van der Waals surface area contributed by atoms with E-state index in [2.05, 4.69) is 34.7 Å². The molecular weight excluding hydrogens is 310 g/mol. The molecule has 0 aliphatic heterocycles. The van der Waals surface area contributed by atoms with Crippen molar-refractivity contribution in [2.75, 3.05) is 6.54 Å². The van der Waals surface area contributed by atoms with Crippen molar-refractivity contribution in [3.63, 3.8) is 0 Å². The van der Waals surface area contributed by atoms with E-state index in [9.17, 15) is 4.79 Å². The first-order chi connectivity index (χ1) is 12.1. The molecule has 0 unspecified atom stereocenters. The van der Waals surface area contributed by atoms with Gasteiger partial charge in [0.2, 0.25) is 0 Å². The van der Waals surface area contributed by atoms with Crippen molar-refractivity contribution in [1.82, 2.24) is 15.1 Å². The average Bonchev–Trinajstić information content (AvgIpc) is 2.89. The molecule has 1 heterocycles. The van der Waals surface area contributed by atoms with Crippen molar-refractivity contribution in [2.45, 2.75) is 19.8 Å². The number of carbonyl (C=O) groups excluding carboxylic acids is 1. The average molecular weight is 333 g/mol. The van der Waals surface area contributed by atoms with Crippen LogP contribution in [0.5, 0.6) is 0 Å². The Morgan fingerprint density at radius 3 is 1.96 bits per heavy atom. The summed E-state index contributed by atoms with van der Waals surface area (Å²) >= 11 is 0. The van der Waals surface area contributed by atoms with Gasteiger partial charge in [0.15, 0.2) is 0 Å². The molecule has 0 saturated heterocycles. The Kier molecular flexibility index (Phi) is 4.98. The normalized spacial score (nSPS) is 10.9. The molecule has 3 aromatic rings. The quantitative estimate of drug-likeness (QED) is 0.775. The fourth-order valence-corrected chi connectivity index (χ4v) is 3.18. The van der Waals surface area contributed by atoms with Crippen LogP contribution < -0.4 is 5.32 Å². The van der Waals surface area contributed by atoms with Gasteiger partial charge < -0.3 is 5.32 Å². The molecule has 1 amide bonds. The predicted octanol–water partition coefficient (Wildman–Crippen LogP) is 3.60. The van der Waals surface area contributed by atoms with Crippen molar-refractivity contribution in [2.24, 2.45) is 7.05 Å². The third kappa shape index (κ3) is 3.63. The summed E-state index contributed by atoms with van der Waals surface area (Å²) < 4.78 is 1.75. The zero-order valence-corrected chi connectivity index (χ0v) is 14.9. The first-order valence-electron chi connectivity index (χ1n) is 8.46. The summed E-state index contributed by atoms with van der Waals surface area (Å²) in [6.07, 6.45) is 0. The Labute approximate surface area is 148 Å². The second kappa shape index (κ2) is 7.34. The lowest BCUT2D eigenvalue weighted by molar-refractivity contribution is 0.0951. The monoisotopic (exact) mass is 333 g/mol. The van der Waals surface area contributed by atoms with E-state index in [1.54, 1.807) is 4.68 Å². The van der Waals surface area contributed by atoms with Gasteiger partial charge in [-0.1, -0.05) is 60.7 Å². The fourth-order valence-electron chi connectivity index (χ4n) is 3.18. The topological polar surface area (TPSA) is 46.9 Å². The maximum absolute atomic E-state index is 12.7. The van der Waals surface area contributed by atoms with E-state index in [1.165, 1.54) is 11.1 Å². The summed E-state index contributed by atoms with van der Waals surface area (Å²) in [5.41, 5.74) is 4.68. The number of carbonyl (C=O) groups is 1. The molecular formula is C21H23N3O. The van der Waals surface area contributed by atoms with Gasteiger partial charge in [0, 0.05) is 25.2 Å². The Morgan fingerprint density at radius 2 is 1.52 bits per heavy atom. The Morgan fingerprint density at radius 1 is 1.00 bits per heavy atom. The van der Waals surface area contributed by atoms with Crippen molar-refractivity contribution < 1.29 is 4.79 Å². The number of nitrogens with zero attached hydrogens (tertiary/aromatic N) is 2. The number of aromatic nitrogens is 2. The smallest absolute Gasteiger partial charge is 0.255 e. The predicted molar refractivity (Wildman–Crippen MR) is 99.7 cm³/mol. The molecule has 0 saturated carbocycles. The second-order valence-corrected chi connectivity index (χ2v) is 6.25. The van der Waals surface area contributed by atoms with Gasteiger partial charge in [0.25, 0.3) is 5.91 Å². The Hall–Kier alpha value is -2.88. The van der Waals surface area contributed by atoms with Crippen LogP contribution in [0, 0.1) is 13.8 Å². The summed E-state index contributed by atoms with van der Waals surface area (Å²) in [6.45, 7) is 4.33. The fraction of sp³-hybridized carbons (Fsp3) is 0.238. The number of rotatable bonds is 5. The number of hydrogen-bond acceptors (Lipinski definition) is 2. The molecule has 0 fully saturated rings. The van der Waals surface area contributed by atoms with E-state index in [0.29, 0.717) is 12.1 Å². The van der Waals surface area contributed by atoms with Crippen molar-refractivity contribution >= 4 is 5.91 Å². The Bertz CT molecular complexity index is 814. The standard InChI is InChI=1S/C21H23N3O/c1-15-20(16(2)24(3)23-15)21(25)22-14-19(17-10-6-4-7-11-17)18-12-8-5-9-13-18/h4-13,19H,14H2,1-3H3,(H,22,25). The highest BCUT2D eigenvalue weighted by Crippen LogP contribution is 2.24. The van der Waals surface area contributed by atoms with E-state index in [-0.39, 0.29) is 11.8 Å². The van der Waals surface area contributed by atoms with Gasteiger partial charge in [-0.15, -0.1) is 0 Å². The highest BCUT2D eigenvalue weighted by atomic mass is 16.1. The van der Waals surface area contributed by atoms with E-state index < -0.39 is 0 Å². The molecule has 0 spiro atoms. The van der Waals surface area contributed by atoms with Gasteiger partial charge in [-0.3, -0.25) is 9.48 Å². The molecule has 0 radical (unpaired) electrons. The van der Waals surface area contributed by atoms with Crippen molar-refractivity contribution in [3.8, 4) is 0 Å². The summed E-state index contributed by atoms with van der Waals surface area (Å²) in [4.78, 5) is 12.7. The van der Waals surface area contributed by atoms with Crippen LogP contribution in [0.25, 0.3) is 0 Å². The summed E-state index contributed by atoms with van der Waals surface area (Å²) in [6, 6.07) is 20.5. The molecule has 1 aromatic heterocycles. The summed E-state index contributed by atoms with van der Waals surface area (Å²) in [5.74, 6) is 0.0450. The molecule has 1 N–H and O–H groups in total. The number of aryl methyl sites for hydroxylation is 2. The number of hydrogen-bond donors (Lipinski definition) is 1. The molecule has 128 valence electrons. The third-order valence-electron chi connectivity index (χ3n) is 4.61. The summed E-state index contributed by atoms with van der Waals surface area (Å²) in [5, 5.41) is 7.43. The molecule has 2 aromatic carbocycles. The molecule has 0 aliphatic carbocycles. The van der Waals surface area contributed by atoms with E-state index in [0.717, 1.165) is 11.4 Å². The molecule has 25 heavy (non-hydrogen) atoms. The second-order valence-electron chi connectivity index (χ2n) is 6.25. The van der Waals surface area contributed by atoms with Gasteiger partial charge in [0.1, 0.15) is 0 Å². The first-order valence-corrected chi connectivity index (χ1v) is 8.46. The van der Waals surface area contributed by atoms with E-state index >= 15 is 0 Å². The van der Waals surface area contributed by atoms with Crippen molar-refractivity contribution in [1.29, 1.82) is 0 Å². The van der Waals surface area contributed by atoms with Gasteiger partial charge >= 0.3 is 0 Å². The molecule has 3 rings (SSSR count). The SMILES string of the molecule is Cc1nn(C)c(C)c1C(=O)NCC(c1ccccc1)c1ccccc1. The molecule has 4 heteroatoms. The zero-order chi connectivity index (χ0) is 17.8. The highest BCUT2D eigenvalue weighted by Gasteiger charge is 2.20. The number of benzene rings is 2. The van der Waals surface area contributed by atoms with Crippen LogP contribution in [-0.4, -0.2) is 22.2 Å². The maximum atomic E-state index is 12.7. The van der Waals surface area contributed by atoms with Crippen LogP contribution in [0.15, 0.2) is 60.7 Å². The van der Waals surface area contributed by atoms with Crippen molar-refractivity contribution in [3.05, 3.63) is 88.7 Å².